The van der Waals surface area contributed by atoms with E-state index in [4.69, 9.17) is 5.11 Å². The lowest BCUT2D eigenvalue weighted by Crippen LogP contribution is -2.45. The summed E-state index contributed by atoms with van der Waals surface area (Å²) in [4.78, 5) is 39.5. The van der Waals surface area contributed by atoms with Gasteiger partial charge in [-0.25, -0.2) is 19.3 Å². The molecule has 0 aromatic carbocycles. The van der Waals surface area contributed by atoms with Crippen LogP contribution in [0.15, 0.2) is 34.2 Å². The molecule has 0 amide bonds. The van der Waals surface area contributed by atoms with Crippen LogP contribution in [0.3, 0.4) is 0 Å². The van der Waals surface area contributed by atoms with Crippen LogP contribution in [-0.4, -0.2) is 42.3 Å². The summed E-state index contributed by atoms with van der Waals surface area (Å²) in [5.74, 6) is -0.0111. The molecular formula is C18H19FN6O3. The second-order valence-electron chi connectivity index (χ2n) is 6.80. The number of anilines is 1. The van der Waals surface area contributed by atoms with Crippen LogP contribution in [0.5, 0.6) is 0 Å². The van der Waals surface area contributed by atoms with Gasteiger partial charge in [0.2, 0.25) is 5.95 Å². The number of hydrogen-bond donors (Lipinski definition) is 1. The van der Waals surface area contributed by atoms with Gasteiger partial charge in [-0.3, -0.25) is 14.2 Å². The quantitative estimate of drug-likeness (QED) is 0.648. The van der Waals surface area contributed by atoms with Crippen LogP contribution in [0, 0.1) is 5.82 Å². The fourth-order valence-corrected chi connectivity index (χ4v) is 3.56. The van der Waals surface area contributed by atoms with Crippen LogP contribution in [0.2, 0.25) is 0 Å². The molecule has 1 aliphatic rings. The van der Waals surface area contributed by atoms with Gasteiger partial charge in [-0.05, 0) is 12.8 Å². The van der Waals surface area contributed by atoms with Crippen molar-refractivity contribution < 1.29 is 9.50 Å². The summed E-state index contributed by atoms with van der Waals surface area (Å²) in [6, 6.07) is 0.987. The zero-order valence-electron chi connectivity index (χ0n) is 15.2. The second-order valence-corrected chi connectivity index (χ2v) is 6.80. The van der Waals surface area contributed by atoms with E-state index in [1.165, 1.54) is 17.7 Å². The molecule has 4 rings (SSSR count). The van der Waals surface area contributed by atoms with Gasteiger partial charge in [0.15, 0.2) is 5.65 Å². The topological polar surface area (TPSA) is 106 Å². The monoisotopic (exact) mass is 386 g/mol. The molecule has 3 aromatic heterocycles. The molecule has 1 N–H and O–H groups in total. The van der Waals surface area contributed by atoms with Gasteiger partial charge in [0, 0.05) is 50.2 Å². The molecule has 0 bridgehead atoms. The number of piperidine rings is 1. The number of hydrogen-bond acceptors (Lipinski definition) is 7. The molecule has 0 radical (unpaired) electrons. The third-order valence-electron chi connectivity index (χ3n) is 5.10. The molecule has 0 spiro atoms. The number of nitrogens with zero attached hydrogens (tertiary/aromatic N) is 6. The first-order chi connectivity index (χ1) is 13.5. The standard InChI is InChI=1S/C18H19FN6O3/c1-23-14-6-12(19)9-20-15(14)25(17(28)16(23)27)13-2-4-24(5-3-13)18-21-7-11(10-26)8-22-18/h6-9,13,26H,2-5,10H2,1H3. The maximum Gasteiger partial charge on any atom is 0.318 e. The van der Waals surface area contributed by atoms with Gasteiger partial charge in [-0.15, -0.1) is 0 Å². The average Bonchev–Trinajstić information content (AvgIpc) is 2.73. The maximum absolute atomic E-state index is 13.6. The lowest BCUT2D eigenvalue weighted by molar-refractivity contribution is 0.281. The molecular weight excluding hydrogens is 367 g/mol. The normalized spacial score (nSPS) is 15.3. The Kier molecular flexibility index (Phi) is 4.63. The van der Waals surface area contributed by atoms with E-state index in [0.29, 0.717) is 43.1 Å². The van der Waals surface area contributed by atoms with Gasteiger partial charge in [0.25, 0.3) is 0 Å². The first-order valence-electron chi connectivity index (χ1n) is 8.93. The summed E-state index contributed by atoms with van der Waals surface area (Å²) < 4.78 is 16.1. The van der Waals surface area contributed by atoms with Crippen molar-refractivity contribution in [3.63, 3.8) is 0 Å². The number of rotatable bonds is 3. The minimum atomic E-state index is -0.703. The average molecular weight is 386 g/mol. The summed E-state index contributed by atoms with van der Waals surface area (Å²) >= 11 is 0. The molecule has 146 valence electrons. The third kappa shape index (κ3) is 3.05. The second kappa shape index (κ2) is 7.12. The minimum Gasteiger partial charge on any atom is -0.392 e. The van der Waals surface area contributed by atoms with Crippen LogP contribution in [0.25, 0.3) is 11.2 Å². The van der Waals surface area contributed by atoms with Crippen molar-refractivity contribution in [2.24, 2.45) is 7.05 Å². The Labute approximate surface area is 158 Å². The number of aliphatic hydroxyl groups excluding tert-OH is 1. The van der Waals surface area contributed by atoms with Crippen LogP contribution in [0.4, 0.5) is 10.3 Å². The Morgan fingerprint density at radius 1 is 1.11 bits per heavy atom. The minimum absolute atomic E-state index is 0.116. The highest BCUT2D eigenvalue weighted by Crippen LogP contribution is 2.25. The molecule has 0 unspecified atom stereocenters. The Morgan fingerprint density at radius 3 is 2.43 bits per heavy atom. The van der Waals surface area contributed by atoms with Crippen molar-refractivity contribution in [1.82, 2.24) is 24.1 Å². The molecule has 1 fully saturated rings. The summed E-state index contributed by atoms with van der Waals surface area (Å²) in [6.45, 7) is 1.07. The largest absolute Gasteiger partial charge is 0.392 e. The van der Waals surface area contributed by atoms with E-state index >= 15 is 0 Å². The van der Waals surface area contributed by atoms with Crippen LogP contribution in [-0.2, 0) is 13.7 Å². The molecule has 4 heterocycles. The first-order valence-corrected chi connectivity index (χ1v) is 8.93. The Morgan fingerprint density at radius 2 is 1.79 bits per heavy atom. The van der Waals surface area contributed by atoms with Gasteiger partial charge in [0.1, 0.15) is 5.82 Å². The predicted octanol–water partition coefficient (Wildman–Crippen LogP) is 0.358. The van der Waals surface area contributed by atoms with E-state index in [9.17, 15) is 14.0 Å². The summed E-state index contributed by atoms with van der Waals surface area (Å²) in [6.07, 6.45) is 5.38. The molecule has 0 atom stereocenters. The molecule has 1 saturated heterocycles. The van der Waals surface area contributed by atoms with Gasteiger partial charge < -0.3 is 14.6 Å². The first kappa shape index (κ1) is 18.2. The number of aliphatic hydroxyl groups is 1. The van der Waals surface area contributed by atoms with Crippen molar-refractivity contribution in [2.75, 3.05) is 18.0 Å². The van der Waals surface area contributed by atoms with Crippen molar-refractivity contribution in [1.29, 1.82) is 0 Å². The molecule has 3 aromatic rings. The Balaban J connectivity index is 1.65. The number of halogens is 1. The van der Waals surface area contributed by atoms with E-state index in [2.05, 4.69) is 15.0 Å². The lowest BCUT2D eigenvalue weighted by atomic mass is 10.0. The molecule has 0 aliphatic carbocycles. The van der Waals surface area contributed by atoms with Crippen LogP contribution < -0.4 is 16.0 Å². The molecule has 28 heavy (non-hydrogen) atoms. The van der Waals surface area contributed by atoms with Crippen LogP contribution >= 0.6 is 0 Å². The summed E-state index contributed by atoms with van der Waals surface area (Å²) in [5, 5.41) is 9.09. The fourth-order valence-electron chi connectivity index (χ4n) is 3.56. The number of aromatic nitrogens is 5. The number of aryl methyl sites for hydroxylation is 1. The summed E-state index contributed by atoms with van der Waals surface area (Å²) in [5.41, 5.74) is -0.137. The molecule has 10 heteroatoms. The van der Waals surface area contributed by atoms with Crippen LogP contribution in [0.1, 0.15) is 24.4 Å². The zero-order valence-corrected chi connectivity index (χ0v) is 15.2. The molecule has 9 nitrogen and oxygen atoms in total. The maximum atomic E-state index is 13.6. The fraction of sp³-hybridized carbons (Fsp3) is 0.389. The smallest absolute Gasteiger partial charge is 0.318 e. The highest BCUT2D eigenvalue weighted by atomic mass is 19.1. The SMILES string of the molecule is Cn1c(=O)c(=O)n(C2CCN(c3ncc(CO)cn3)CC2)c2ncc(F)cc21. The van der Waals surface area contributed by atoms with E-state index < -0.39 is 16.9 Å². The number of fused-ring (bicyclic) bond motifs is 1. The third-order valence-corrected chi connectivity index (χ3v) is 5.10. The van der Waals surface area contributed by atoms with E-state index in [-0.39, 0.29) is 18.2 Å². The predicted molar refractivity (Wildman–Crippen MR) is 99.6 cm³/mol. The van der Waals surface area contributed by atoms with Crippen molar-refractivity contribution >= 4 is 17.1 Å². The van der Waals surface area contributed by atoms with Crippen molar-refractivity contribution in [2.45, 2.75) is 25.5 Å². The van der Waals surface area contributed by atoms with E-state index in [0.717, 1.165) is 10.8 Å². The zero-order chi connectivity index (χ0) is 19.8. The van der Waals surface area contributed by atoms with Gasteiger partial charge in [0.05, 0.1) is 18.3 Å². The highest BCUT2D eigenvalue weighted by Gasteiger charge is 2.26. The van der Waals surface area contributed by atoms with Gasteiger partial charge in [-0.1, -0.05) is 0 Å². The van der Waals surface area contributed by atoms with E-state index in [1.54, 1.807) is 12.4 Å². The van der Waals surface area contributed by atoms with Gasteiger partial charge in [-0.2, -0.15) is 0 Å². The van der Waals surface area contributed by atoms with Crippen molar-refractivity contribution in [3.05, 3.63) is 56.7 Å². The number of pyridine rings is 1. The summed E-state index contributed by atoms with van der Waals surface area (Å²) in [7, 11) is 1.44. The Bertz CT molecular complexity index is 1130. The molecule has 1 aliphatic heterocycles. The van der Waals surface area contributed by atoms with Gasteiger partial charge >= 0.3 is 11.1 Å². The highest BCUT2D eigenvalue weighted by molar-refractivity contribution is 5.70. The lowest BCUT2D eigenvalue weighted by Gasteiger charge is -2.33. The van der Waals surface area contributed by atoms with Crippen molar-refractivity contribution in [3.8, 4) is 0 Å². The van der Waals surface area contributed by atoms with E-state index in [1.807, 2.05) is 4.90 Å². The molecule has 0 saturated carbocycles. The Hall–Kier alpha value is -3.14.